The molecule has 1 nitrogen and oxygen atoms in total. The number of phenols is 1. The molecular weight excluding hydrogens is 284 g/mol. The molecule has 0 fully saturated rings. The van der Waals surface area contributed by atoms with Crippen LogP contribution in [-0.2, 0) is 0 Å². The third kappa shape index (κ3) is 2.51. The second kappa shape index (κ2) is 5.43. The van der Waals surface area contributed by atoms with E-state index in [0.29, 0.717) is 5.75 Å². The van der Waals surface area contributed by atoms with E-state index in [1.165, 1.54) is 19.5 Å². The molecule has 0 radical (unpaired) electrons. The molecular formula is C17H16OS2. The predicted octanol–water partition coefficient (Wildman–Crippen LogP) is 5.31. The van der Waals surface area contributed by atoms with Crippen molar-refractivity contribution in [1.29, 1.82) is 0 Å². The van der Waals surface area contributed by atoms with E-state index in [1.807, 2.05) is 18.2 Å². The zero-order valence-corrected chi connectivity index (χ0v) is 13.1. The van der Waals surface area contributed by atoms with E-state index in [4.69, 9.17) is 0 Å². The van der Waals surface area contributed by atoms with E-state index in [0.717, 1.165) is 5.56 Å². The van der Waals surface area contributed by atoms with Gasteiger partial charge in [-0.15, -0.1) is 22.7 Å². The molecule has 0 amide bonds. The van der Waals surface area contributed by atoms with E-state index in [9.17, 15) is 5.11 Å². The quantitative estimate of drug-likeness (QED) is 0.694. The molecule has 3 rings (SSSR count). The molecule has 0 spiro atoms. The molecule has 102 valence electrons. The summed E-state index contributed by atoms with van der Waals surface area (Å²) in [6.45, 7) is 4.24. The smallest absolute Gasteiger partial charge is 0.119 e. The lowest BCUT2D eigenvalue weighted by molar-refractivity contribution is 0.467. The maximum Gasteiger partial charge on any atom is 0.119 e. The van der Waals surface area contributed by atoms with Gasteiger partial charge in [0, 0.05) is 25.1 Å². The molecule has 1 N–H and O–H groups in total. The summed E-state index contributed by atoms with van der Waals surface area (Å²) < 4.78 is 0. The van der Waals surface area contributed by atoms with Gasteiger partial charge < -0.3 is 5.11 Å². The average molecular weight is 300 g/mol. The van der Waals surface area contributed by atoms with E-state index >= 15 is 0 Å². The van der Waals surface area contributed by atoms with Gasteiger partial charge in [0.1, 0.15) is 5.75 Å². The standard InChI is InChI=1S/C17H16OS2/c1-11-7-9-15(19-11)17(16-10-8-12(2)20-16)13-5-3-4-6-14(13)18/h3-10,17-18H,1-2H3. The van der Waals surface area contributed by atoms with Crippen LogP contribution in [0.25, 0.3) is 0 Å². The van der Waals surface area contributed by atoms with Crippen LogP contribution in [-0.4, -0.2) is 5.11 Å². The van der Waals surface area contributed by atoms with Crippen LogP contribution in [0.15, 0.2) is 48.5 Å². The third-order valence-electron chi connectivity index (χ3n) is 3.34. The number of para-hydroxylation sites is 1. The average Bonchev–Trinajstić information content (AvgIpc) is 3.02. The fourth-order valence-electron chi connectivity index (χ4n) is 2.40. The van der Waals surface area contributed by atoms with Crippen molar-refractivity contribution in [2.45, 2.75) is 19.8 Å². The lowest BCUT2D eigenvalue weighted by atomic mass is 9.95. The summed E-state index contributed by atoms with van der Waals surface area (Å²) in [5, 5.41) is 10.2. The second-order valence-corrected chi connectivity index (χ2v) is 7.53. The van der Waals surface area contributed by atoms with Crippen LogP contribution in [0.3, 0.4) is 0 Å². The molecule has 3 heteroatoms. The summed E-state index contributed by atoms with van der Waals surface area (Å²) in [6.07, 6.45) is 0. The molecule has 1 aromatic carbocycles. The molecule has 2 aromatic heterocycles. The SMILES string of the molecule is Cc1ccc(C(c2ccc(C)s2)c2ccccc2O)s1. The monoisotopic (exact) mass is 300 g/mol. The number of aromatic hydroxyl groups is 1. The predicted molar refractivity (Wildman–Crippen MR) is 87.2 cm³/mol. The highest BCUT2D eigenvalue weighted by Crippen LogP contribution is 2.41. The Kier molecular flexibility index (Phi) is 3.64. The van der Waals surface area contributed by atoms with Gasteiger partial charge in [0.25, 0.3) is 0 Å². The summed E-state index contributed by atoms with van der Waals surface area (Å²) in [5.74, 6) is 0.503. The number of rotatable bonds is 3. The van der Waals surface area contributed by atoms with Crippen LogP contribution in [0, 0.1) is 13.8 Å². The Labute approximate surface area is 127 Å². The summed E-state index contributed by atoms with van der Waals surface area (Å²) in [7, 11) is 0. The minimum absolute atomic E-state index is 0.133. The Morgan fingerprint density at radius 2 is 1.35 bits per heavy atom. The minimum atomic E-state index is 0.133. The van der Waals surface area contributed by atoms with Gasteiger partial charge in [-0.25, -0.2) is 0 Å². The second-order valence-electron chi connectivity index (χ2n) is 4.89. The van der Waals surface area contributed by atoms with E-state index in [2.05, 4.69) is 38.1 Å². The number of aryl methyl sites for hydroxylation is 2. The first-order chi connectivity index (χ1) is 9.65. The van der Waals surface area contributed by atoms with Gasteiger partial charge >= 0.3 is 0 Å². The Hall–Kier alpha value is -1.58. The van der Waals surface area contributed by atoms with Gasteiger partial charge in [-0.1, -0.05) is 18.2 Å². The first-order valence-corrected chi connectivity index (χ1v) is 8.19. The molecule has 0 saturated heterocycles. The van der Waals surface area contributed by atoms with E-state index < -0.39 is 0 Å². The number of phenolic OH excluding ortho intramolecular Hbond substituents is 1. The Bertz CT molecular complexity index is 684. The van der Waals surface area contributed by atoms with E-state index in [-0.39, 0.29) is 5.92 Å². The molecule has 0 atom stereocenters. The van der Waals surface area contributed by atoms with Gasteiger partial charge in [-0.3, -0.25) is 0 Å². The van der Waals surface area contributed by atoms with Crippen molar-refractivity contribution in [3.8, 4) is 5.75 Å². The van der Waals surface area contributed by atoms with Crippen molar-refractivity contribution in [3.63, 3.8) is 0 Å². The number of hydrogen-bond acceptors (Lipinski definition) is 3. The number of thiophene rings is 2. The summed E-state index contributed by atoms with van der Waals surface area (Å²) >= 11 is 3.60. The van der Waals surface area contributed by atoms with Crippen molar-refractivity contribution in [1.82, 2.24) is 0 Å². The van der Waals surface area contributed by atoms with Crippen molar-refractivity contribution < 1.29 is 5.11 Å². The zero-order chi connectivity index (χ0) is 14.1. The molecule has 0 aliphatic rings. The van der Waals surface area contributed by atoms with Crippen LogP contribution >= 0.6 is 22.7 Å². The van der Waals surface area contributed by atoms with Crippen LogP contribution in [0.5, 0.6) is 5.75 Å². The van der Waals surface area contributed by atoms with Crippen LogP contribution < -0.4 is 0 Å². The van der Waals surface area contributed by atoms with Gasteiger partial charge in [0.15, 0.2) is 0 Å². The number of hydrogen-bond donors (Lipinski definition) is 1. The van der Waals surface area contributed by atoms with Gasteiger partial charge in [-0.2, -0.15) is 0 Å². The molecule has 0 saturated carbocycles. The zero-order valence-electron chi connectivity index (χ0n) is 11.5. The molecule has 0 aliphatic carbocycles. The van der Waals surface area contributed by atoms with Crippen molar-refractivity contribution in [2.75, 3.05) is 0 Å². The Morgan fingerprint density at radius 3 is 1.80 bits per heavy atom. The topological polar surface area (TPSA) is 20.2 Å². The molecule has 2 heterocycles. The van der Waals surface area contributed by atoms with Gasteiger partial charge in [0.05, 0.1) is 5.92 Å². The molecule has 0 aliphatic heterocycles. The van der Waals surface area contributed by atoms with Gasteiger partial charge in [0.2, 0.25) is 0 Å². The lowest BCUT2D eigenvalue weighted by Gasteiger charge is -2.16. The maximum atomic E-state index is 10.2. The Balaban J connectivity index is 2.16. The van der Waals surface area contributed by atoms with Gasteiger partial charge in [-0.05, 0) is 44.2 Å². The summed E-state index contributed by atoms with van der Waals surface area (Å²) in [5.41, 5.74) is 0.983. The van der Waals surface area contributed by atoms with Crippen molar-refractivity contribution >= 4 is 22.7 Å². The minimum Gasteiger partial charge on any atom is -0.508 e. The molecule has 0 unspecified atom stereocenters. The fraction of sp³-hybridized carbons (Fsp3) is 0.176. The largest absolute Gasteiger partial charge is 0.508 e. The van der Waals surface area contributed by atoms with Crippen LogP contribution in [0.2, 0.25) is 0 Å². The normalized spacial score (nSPS) is 11.2. The highest BCUT2D eigenvalue weighted by molar-refractivity contribution is 7.13. The highest BCUT2D eigenvalue weighted by atomic mass is 32.1. The highest BCUT2D eigenvalue weighted by Gasteiger charge is 2.22. The third-order valence-corrected chi connectivity index (χ3v) is 5.47. The molecule has 0 bridgehead atoms. The van der Waals surface area contributed by atoms with Crippen molar-refractivity contribution in [3.05, 3.63) is 73.6 Å². The molecule has 20 heavy (non-hydrogen) atoms. The number of benzene rings is 1. The lowest BCUT2D eigenvalue weighted by Crippen LogP contribution is -1.99. The Morgan fingerprint density at radius 1 is 0.800 bits per heavy atom. The summed E-state index contributed by atoms with van der Waals surface area (Å²) in [4.78, 5) is 5.17. The fourth-order valence-corrected chi connectivity index (χ4v) is 4.50. The maximum absolute atomic E-state index is 10.2. The van der Waals surface area contributed by atoms with Crippen LogP contribution in [0.4, 0.5) is 0 Å². The van der Waals surface area contributed by atoms with E-state index in [1.54, 1.807) is 28.7 Å². The van der Waals surface area contributed by atoms with Crippen LogP contribution in [0.1, 0.15) is 31.0 Å². The first kappa shape index (κ1) is 13.4. The summed E-state index contributed by atoms with van der Waals surface area (Å²) in [6, 6.07) is 16.3. The molecule has 3 aromatic rings. The first-order valence-electron chi connectivity index (χ1n) is 6.55. The van der Waals surface area contributed by atoms with Crippen molar-refractivity contribution in [2.24, 2.45) is 0 Å².